The van der Waals surface area contributed by atoms with E-state index in [9.17, 15) is 5.11 Å². The molecule has 1 saturated heterocycles. The molecule has 4 nitrogen and oxygen atoms in total. The number of halogens is 1. The zero-order chi connectivity index (χ0) is 15.8. The SMILES string of the molecule is CC1(C)OB(C(=Cc2cc(Cl)ccc2N)CO)OC1(C)C. The molecule has 0 amide bonds. The summed E-state index contributed by atoms with van der Waals surface area (Å²) in [7, 11) is -0.599. The molecule has 0 aromatic heterocycles. The first-order valence-electron chi connectivity index (χ1n) is 6.88. The van der Waals surface area contributed by atoms with Crippen LogP contribution < -0.4 is 5.73 Å². The third-order valence-corrected chi connectivity index (χ3v) is 4.36. The Morgan fingerprint density at radius 1 is 1.29 bits per heavy atom. The lowest BCUT2D eigenvalue weighted by Crippen LogP contribution is -2.41. The number of anilines is 1. The molecular formula is C15H21BClNO3. The Hall–Kier alpha value is -1.01. The molecule has 0 unspecified atom stereocenters. The van der Waals surface area contributed by atoms with Gasteiger partial charge in [0.1, 0.15) is 0 Å². The summed E-state index contributed by atoms with van der Waals surface area (Å²) in [4.78, 5) is 0. The largest absolute Gasteiger partial charge is 0.492 e. The van der Waals surface area contributed by atoms with Crippen LogP contribution in [-0.4, -0.2) is 30.0 Å². The zero-order valence-corrected chi connectivity index (χ0v) is 13.6. The van der Waals surface area contributed by atoms with Crippen LogP contribution in [0.4, 0.5) is 5.69 Å². The first-order chi connectivity index (χ1) is 9.66. The van der Waals surface area contributed by atoms with Crippen LogP contribution in [0.3, 0.4) is 0 Å². The van der Waals surface area contributed by atoms with Crippen molar-refractivity contribution in [2.24, 2.45) is 0 Å². The van der Waals surface area contributed by atoms with Gasteiger partial charge in [-0.15, -0.1) is 0 Å². The smallest absolute Gasteiger partial charge is 0.400 e. The maximum Gasteiger partial charge on any atom is 0.492 e. The van der Waals surface area contributed by atoms with Crippen molar-refractivity contribution < 1.29 is 14.4 Å². The third-order valence-electron chi connectivity index (χ3n) is 4.13. The first-order valence-corrected chi connectivity index (χ1v) is 7.26. The van der Waals surface area contributed by atoms with Gasteiger partial charge >= 0.3 is 7.12 Å². The van der Waals surface area contributed by atoms with Gasteiger partial charge in [-0.05, 0) is 56.9 Å². The predicted molar refractivity (Wildman–Crippen MR) is 87.0 cm³/mol. The standard InChI is InChI=1S/C15H21BClNO3/c1-14(2)15(3,4)21-16(20-14)11(9-19)7-10-8-12(17)5-6-13(10)18/h5-8,19H,9,18H2,1-4H3. The number of nitrogen functional groups attached to an aromatic ring is 1. The minimum absolute atomic E-state index is 0.178. The van der Waals surface area contributed by atoms with Gasteiger partial charge < -0.3 is 20.1 Å². The summed E-state index contributed by atoms with van der Waals surface area (Å²) in [5.74, 6) is 0. The minimum atomic E-state index is -0.599. The van der Waals surface area contributed by atoms with Gasteiger partial charge in [0.2, 0.25) is 0 Å². The number of hydrogen-bond acceptors (Lipinski definition) is 4. The Kier molecular flexibility index (Phi) is 4.40. The number of hydrogen-bond donors (Lipinski definition) is 2. The van der Waals surface area contributed by atoms with E-state index in [1.165, 1.54) is 0 Å². The summed E-state index contributed by atoms with van der Waals surface area (Å²) in [5.41, 5.74) is 6.96. The molecule has 1 aromatic rings. The summed E-state index contributed by atoms with van der Waals surface area (Å²) in [6.07, 6.45) is 1.77. The number of aliphatic hydroxyl groups excluding tert-OH is 1. The van der Waals surface area contributed by atoms with Crippen molar-refractivity contribution in [3.8, 4) is 0 Å². The zero-order valence-electron chi connectivity index (χ0n) is 12.8. The molecule has 1 aliphatic heterocycles. The fourth-order valence-corrected chi connectivity index (χ4v) is 2.23. The summed E-state index contributed by atoms with van der Waals surface area (Å²) in [5, 5.41) is 10.2. The Bertz CT molecular complexity index is 556. The van der Waals surface area contributed by atoms with E-state index in [2.05, 4.69) is 0 Å². The molecule has 0 aliphatic carbocycles. The van der Waals surface area contributed by atoms with Crippen LogP contribution in [0.5, 0.6) is 0 Å². The van der Waals surface area contributed by atoms with E-state index >= 15 is 0 Å². The molecule has 6 heteroatoms. The van der Waals surface area contributed by atoms with Crippen molar-refractivity contribution in [2.45, 2.75) is 38.9 Å². The van der Waals surface area contributed by atoms with E-state index in [4.69, 9.17) is 26.6 Å². The predicted octanol–water partition coefficient (Wildman–Crippen LogP) is 2.93. The van der Waals surface area contributed by atoms with Gasteiger partial charge in [0.05, 0.1) is 17.8 Å². The van der Waals surface area contributed by atoms with E-state index in [0.29, 0.717) is 16.2 Å². The highest BCUT2D eigenvalue weighted by molar-refractivity contribution is 6.55. The van der Waals surface area contributed by atoms with E-state index in [1.807, 2.05) is 27.7 Å². The van der Waals surface area contributed by atoms with Crippen LogP contribution in [0.25, 0.3) is 6.08 Å². The van der Waals surface area contributed by atoms with Crippen molar-refractivity contribution in [3.63, 3.8) is 0 Å². The molecule has 21 heavy (non-hydrogen) atoms. The van der Waals surface area contributed by atoms with Gasteiger partial charge in [-0.2, -0.15) is 0 Å². The lowest BCUT2D eigenvalue weighted by Gasteiger charge is -2.32. The molecule has 2 rings (SSSR count). The van der Waals surface area contributed by atoms with Gasteiger partial charge in [-0.3, -0.25) is 0 Å². The molecule has 0 saturated carbocycles. The second-order valence-corrected chi connectivity index (χ2v) is 6.68. The van der Waals surface area contributed by atoms with Gasteiger partial charge in [0.15, 0.2) is 0 Å². The Labute approximate surface area is 131 Å². The van der Waals surface area contributed by atoms with Crippen molar-refractivity contribution >= 4 is 30.5 Å². The van der Waals surface area contributed by atoms with Crippen molar-refractivity contribution in [2.75, 3.05) is 12.3 Å². The van der Waals surface area contributed by atoms with Crippen LogP contribution in [0, 0.1) is 0 Å². The maximum absolute atomic E-state index is 9.65. The summed E-state index contributed by atoms with van der Waals surface area (Å²) in [6.45, 7) is 7.69. The third kappa shape index (κ3) is 3.26. The number of aliphatic hydroxyl groups is 1. The Morgan fingerprint density at radius 2 is 1.86 bits per heavy atom. The van der Waals surface area contributed by atoms with Gasteiger partial charge in [-0.1, -0.05) is 17.7 Å². The molecule has 3 N–H and O–H groups in total. The highest BCUT2D eigenvalue weighted by Gasteiger charge is 2.52. The van der Waals surface area contributed by atoms with Crippen LogP contribution >= 0.6 is 11.6 Å². The second-order valence-electron chi connectivity index (χ2n) is 6.24. The lowest BCUT2D eigenvalue weighted by atomic mass is 9.77. The molecule has 1 aromatic carbocycles. The fourth-order valence-electron chi connectivity index (χ4n) is 2.05. The monoisotopic (exact) mass is 309 g/mol. The fraction of sp³-hybridized carbons (Fsp3) is 0.467. The first kappa shape index (κ1) is 16.4. The molecule has 1 fully saturated rings. The summed E-state index contributed by atoms with van der Waals surface area (Å²) in [6, 6.07) is 5.20. The van der Waals surface area contributed by atoms with E-state index in [-0.39, 0.29) is 6.61 Å². The molecular weight excluding hydrogens is 288 g/mol. The van der Waals surface area contributed by atoms with Crippen LogP contribution in [0.1, 0.15) is 33.3 Å². The summed E-state index contributed by atoms with van der Waals surface area (Å²) >= 11 is 5.98. The van der Waals surface area contributed by atoms with Crippen LogP contribution in [0.15, 0.2) is 23.7 Å². The van der Waals surface area contributed by atoms with Crippen molar-refractivity contribution in [1.29, 1.82) is 0 Å². The van der Waals surface area contributed by atoms with Crippen LogP contribution in [-0.2, 0) is 9.31 Å². The number of rotatable bonds is 3. The topological polar surface area (TPSA) is 64.7 Å². The van der Waals surface area contributed by atoms with E-state index in [1.54, 1.807) is 24.3 Å². The molecule has 1 heterocycles. The highest BCUT2D eigenvalue weighted by atomic mass is 35.5. The molecule has 0 atom stereocenters. The van der Waals surface area contributed by atoms with Crippen LogP contribution in [0.2, 0.25) is 5.02 Å². The highest BCUT2D eigenvalue weighted by Crippen LogP contribution is 2.39. The number of benzene rings is 1. The summed E-state index contributed by atoms with van der Waals surface area (Å²) < 4.78 is 11.9. The minimum Gasteiger partial charge on any atom is -0.400 e. The molecule has 0 bridgehead atoms. The molecule has 1 aliphatic rings. The Morgan fingerprint density at radius 3 is 2.38 bits per heavy atom. The van der Waals surface area contributed by atoms with E-state index < -0.39 is 18.3 Å². The molecule has 114 valence electrons. The quantitative estimate of drug-likeness (QED) is 0.665. The maximum atomic E-state index is 9.65. The van der Waals surface area contributed by atoms with Crippen molar-refractivity contribution in [3.05, 3.63) is 34.3 Å². The van der Waals surface area contributed by atoms with E-state index in [0.717, 1.165) is 5.56 Å². The van der Waals surface area contributed by atoms with Gasteiger partial charge in [0, 0.05) is 10.7 Å². The number of nitrogens with two attached hydrogens (primary N) is 1. The average Bonchev–Trinajstić information content (AvgIpc) is 2.59. The van der Waals surface area contributed by atoms with Gasteiger partial charge in [-0.25, -0.2) is 0 Å². The molecule has 0 radical (unpaired) electrons. The lowest BCUT2D eigenvalue weighted by molar-refractivity contribution is 0.00578. The van der Waals surface area contributed by atoms with Gasteiger partial charge in [0.25, 0.3) is 0 Å². The molecule has 0 spiro atoms. The second kappa shape index (κ2) is 5.65. The Balaban J connectivity index is 2.33. The van der Waals surface area contributed by atoms with Crippen molar-refractivity contribution in [1.82, 2.24) is 0 Å². The average molecular weight is 310 g/mol. The normalized spacial score (nSPS) is 20.9.